The first-order valence-corrected chi connectivity index (χ1v) is 6.82. The molecule has 1 heterocycles. The molecule has 0 aromatic heterocycles. The minimum absolute atomic E-state index is 0.00921. The molecule has 1 aliphatic carbocycles. The van der Waals surface area contributed by atoms with Crippen molar-refractivity contribution in [3.05, 3.63) is 35.9 Å². The van der Waals surface area contributed by atoms with Gasteiger partial charge in [-0.3, -0.25) is 9.59 Å². The maximum absolute atomic E-state index is 11.9. The Morgan fingerprint density at radius 2 is 1.95 bits per heavy atom. The van der Waals surface area contributed by atoms with E-state index in [2.05, 4.69) is 10.6 Å². The highest BCUT2D eigenvalue weighted by atomic mass is 16.2. The van der Waals surface area contributed by atoms with Gasteiger partial charge in [-0.25, -0.2) is 0 Å². The zero-order valence-electron chi connectivity index (χ0n) is 10.9. The molecule has 1 unspecified atom stereocenters. The lowest BCUT2D eigenvalue weighted by Crippen LogP contribution is -2.42. The molecule has 0 radical (unpaired) electrons. The van der Waals surface area contributed by atoms with E-state index in [-0.39, 0.29) is 35.7 Å². The fourth-order valence-corrected chi connectivity index (χ4v) is 2.61. The van der Waals surface area contributed by atoms with Gasteiger partial charge in [-0.05, 0) is 18.4 Å². The van der Waals surface area contributed by atoms with E-state index in [1.807, 2.05) is 37.3 Å². The summed E-state index contributed by atoms with van der Waals surface area (Å²) in [4.78, 5) is 23.8. The number of benzene rings is 1. The molecular formula is C15H18N2O2. The molecular weight excluding hydrogens is 240 g/mol. The highest BCUT2D eigenvalue weighted by Crippen LogP contribution is 2.32. The smallest absolute Gasteiger partial charge is 0.225 e. The van der Waals surface area contributed by atoms with Crippen molar-refractivity contribution >= 4 is 11.8 Å². The predicted octanol–water partition coefficient (Wildman–Crippen LogP) is 1.39. The fourth-order valence-electron chi connectivity index (χ4n) is 2.61. The summed E-state index contributed by atoms with van der Waals surface area (Å²) in [5.41, 5.74) is 1.04. The van der Waals surface area contributed by atoms with Crippen LogP contribution in [-0.2, 0) is 9.59 Å². The molecule has 100 valence electrons. The van der Waals surface area contributed by atoms with Crippen LogP contribution in [0, 0.1) is 11.8 Å². The van der Waals surface area contributed by atoms with Gasteiger partial charge >= 0.3 is 0 Å². The minimum Gasteiger partial charge on any atom is -0.350 e. The number of amides is 2. The Bertz CT molecular complexity index is 496. The van der Waals surface area contributed by atoms with Crippen LogP contribution in [0.2, 0.25) is 0 Å². The van der Waals surface area contributed by atoms with Gasteiger partial charge < -0.3 is 10.6 Å². The van der Waals surface area contributed by atoms with E-state index in [1.54, 1.807) is 0 Å². The summed E-state index contributed by atoms with van der Waals surface area (Å²) in [5, 5.41) is 6.03. The molecule has 2 fully saturated rings. The Morgan fingerprint density at radius 3 is 2.58 bits per heavy atom. The van der Waals surface area contributed by atoms with Crippen LogP contribution < -0.4 is 10.6 Å². The van der Waals surface area contributed by atoms with Crippen LogP contribution >= 0.6 is 0 Å². The molecule has 4 nitrogen and oxygen atoms in total. The van der Waals surface area contributed by atoms with Gasteiger partial charge in [0, 0.05) is 5.92 Å². The quantitative estimate of drug-likeness (QED) is 0.860. The van der Waals surface area contributed by atoms with Crippen LogP contribution in [0.25, 0.3) is 0 Å². The molecule has 1 aromatic rings. The van der Waals surface area contributed by atoms with Gasteiger partial charge in [0.2, 0.25) is 11.8 Å². The first kappa shape index (κ1) is 12.2. The largest absolute Gasteiger partial charge is 0.350 e. The normalized spacial score (nSPS) is 29.9. The third-order valence-electron chi connectivity index (χ3n) is 4.02. The van der Waals surface area contributed by atoms with Crippen LogP contribution in [0.4, 0.5) is 0 Å². The average molecular weight is 258 g/mol. The highest BCUT2D eigenvalue weighted by Gasteiger charge is 2.42. The highest BCUT2D eigenvalue weighted by molar-refractivity contribution is 5.86. The molecule has 3 atom stereocenters. The molecule has 2 N–H and O–H groups in total. The van der Waals surface area contributed by atoms with Crippen molar-refractivity contribution in [3.63, 3.8) is 0 Å². The zero-order valence-corrected chi connectivity index (χ0v) is 10.9. The number of hydrogen-bond donors (Lipinski definition) is 2. The molecule has 3 rings (SSSR count). The summed E-state index contributed by atoms with van der Waals surface area (Å²) < 4.78 is 0. The Labute approximate surface area is 112 Å². The Hall–Kier alpha value is -1.84. The SMILES string of the molecule is C[C@@H]1C(=O)NC(c2ccccc2)[C@H]1NC(=O)C1CC1. The molecule has 0 spiro atoms. The summed E-state index contributed by atoms with van der Waals surface area (Å²) in [5.74, 6) is 0.0801. The second kappa shape index (κ2) is 4.68. The van der Waals surface area contributed by atoms with Crippen molar-refractivity contribution in [2.24, 2.45) is 11.8 Å². The van der Waals surface area contributed by atoms with Crippen LogP contribution in [0.1, 0.15) is 31.4 Å². The average Bonchev–Trinajstić information content (AvgIpc) is 3.23. The van der Waals surface area contributed by atoms with Crippen LogP contribution in [0.3, 0.4) is 0 Å². The fraction of sp³-hybridized carbons (Fsp3) is 0.467. The van der Waals surface area contributed by atoms with Crippen LogP contribution in [0.15, 0.2) is 30.3 Å². The van der Waals surface area contributed by atoms with Crippen molar-refractivity contribution in [1.29, 1.82) is 0 Å². The maximum Gasteiger partial charge on any atom is 0.225 e. The van der Waals surface area contributed by atoms with Crippen molar-refractivity contribution < 1.29 is 9.59 Å². The van der Waals surface area contributed by atoms with Gasteiger partial charge in [0.05, 0.1) is 18.0 Å². The Kier molecular flexibility index (Phi) is 3.01. The lowest BCUT2D eigenvalue weighted by atomic mass is 9.94. The summed E-state index contributed by atoms with van der Waals surface area (Å²) >= 11 is 0. The molecule has 2 amide bonds. The van der Waals surface area contributed by atoms with E-state index in [4.69, 9.17) is 0 Å². The summed E-state index contributed by atoms with van der Waals surface area (Å²) in [6.45, 7) is 1.87. The predicted molar refractivity (Wildman–Crippen MR) is 71.1 cm³/mol. The standard InChI is InChI=1S/C15H18N2O2/c1-9-12(16-15(19)11-7-8-11)13(17-14(9)18)10-5-3-2-4-6-10/h2-6,9,11-13H,7-8H2,1H3,(H,16,19)(H,17,18)/t9-,12-,13?/m0/s1. The number of hydrogen-bond acceptors (Lipinski definition) is 2. The van der Waals surface area contributed by atoms with Gasteiger partial charge in [-0.1, -0.05) is 37.3 Å². The van der Waals surface area contributed by atoms with E-state index in [0.717, 1.165) is 18.4 Å². The lowest BCUT2D eigenvalue weighted by Gasteiger charge is -2.22. The molecule has 1 saturated carbocycles. The monoisotopic (exact) mass is 258 g/mol. The first-order valence-electron chi connectivity index (χ1n) is 6.82. The molecule has 2 aliphatic rings. The van der Waals surface area contributed by atoms with Crippen LogP contribution in [0.5, 0.6) is 0 Å². The molecule has 4 heteroatoms. The molecule has 0 bridgehead atoms. The number of rotatable bonds is 3. The second-order valence-corrected chi connectivity index (χ2v) is 5.49. The second-order valence-electron chi connectivity index (χ2n) is 5.49. The Morgan fingerprint density at radius 1 is 1.26 bits per heavy atom. The molecule has 1 aliphatic heterocycles. The van der Waals surface area contributed by atoms with Crippen molar-refractivity contribution in [1.82, 2.24) is 10.6 Å². The van der Waals surface area contributed by atoms with Crippen molar-refractivity contribution in [3.8, 4) is 0 Å². The molecule has 19 heavy (non-hydrogen) atoms. The lowest BCUT2D eigenvalue weighted by molar-refractivity contribution is -0.124. The van der Waals surface area contributed by atoms with Crippen molar-refractivity contribution in [2.45, 2.75) is 31.8 Å². The number of carbonyl (C=O) groups is 2. The summed E-state index contributed by atoms with van der Waals surface area (Å²) in [6, 6.07) is 9.54. The van der Waals surface area contributed by atoms with Crippen molar-refractivity contribution in [2.75, 3.05) is 0 Å². The summed E-state index contributed by atoms with van der Waals surface area (Å²) in [6.07, 6.45) is 1.95. The van der Waals surface area contributed by atoms with E-state index in [0.29, 0.717) is 0 Å². The summed E-state index contributed by atoms with van der Waals surface area (Å²) in [7, 11) is 0. The first-order chi connectivity index (χ1) is 9.16. The van der Waals surface area contributed by atoms with E-state index < -0.39 is 0 Å². The zero-order chi connectivity index (χ0) is 13.4. The minimum atomic E-state index is -0.187. The van der Waals surface area contributed by atoms with Gasteiger partial charge in [-0.2, -0.15) is 0 Å². The maximum atomic E-state index is 11.9. The molecule has 1 aromatic carbocycles. The van der Waals surface area contributed by atoms with Gasteiger partial charge in [0.15, 0.2) is 0 Å². The Balaban J connectivity index is 1.80. The van der Waals surface area contributed by atoms with E-state index in [9.17, 15) is 9.59 Å². The topological polar surface area (TPSA) is 58.2 Å². The van der Waals surface area contributed by atoms with E-state index >= 15 is 0 Å². The van der Waals surface area contributed by atoms with Gasteiger partial charge in [-0.15, -0.1) is 0 Å². The van der Waals surface area contributed by atoms with E-state index in [1.165, 1.54) is 0 Å². The third kappa shape index (κ3) is 2.35. The number of nitrogens with one attached hydrogen (secondary N) is 2. The van der Waals surface area contributed by atoms with Crippen LogP contribution in [-0.4, -0.2) is 17.9 Å². The van der Waals surface area contributed by atoms with Gasteiger partial charge in [0.25, 0.3) is 0 Å². The number of carbonyl (C=O) groups excluding carboxylic acids is 2. The van der Waals surface area contributed by atoms with Gasteiger partial charge in [0.1, 0.15) is 0 Å². The third-order valence-corrected chi connectivity index (χ3v) is 4.02. The molecule has 1 saturated heterocycles.